The van der Waals surface area contributed by atoms with E-state index in [2.05, 4.69) is 36.3 Å². The molecule has 0 aliphatic heterocycles. The van der Waals surface area contributed by atoms with Crippen LogP contribution in [0.4, 0.5) is 0 Å². The molecule has 1 atom stereocenters. The molecule has 0 aliphatic carbocycles. The van der Waals surface area contributed by atoms with Crippen LogP contribution in [-0.2, 0) is 0 Å². The largest absolute Gasteiger partial charge is 0.491 e. The summed E-state index contributed by atoms with van der Waals surface area (Å²) in [5.74, 6) is 0.729. The molecule has 130 valence electrons. The minimum atomic E-state index is -0.145. The molecular weight excluding hydrogens is 322 g/mol. The van der Waals surface area contributed by atoms with Gasteiger partial charge in [-0.3, -0.25) is 5.10 Å². The number of hydrogen-bond acceptors (Lipinski definition) is 5. The van der Waals surface area contributed by atoms with Gasteiger partial charge in [-0.05, 0) is 52.0 Å². The highest BCUT2D eigenvalue weighted by atomic mass is 32.1. The number of hydrogen-bond donors (Lipinski definition) is 3. The fourth-order valence-electron chi connectivity index (χ4n) is 2.41. The molecule has 0 saturated carbocycles. The molecule has 5 nitrogen and oxygen atoms in total. The van der Waals surface area contributed by atoms with Gasteiger partial charge in [0.2, 0.25) is 0 Å². The highest BCUT2D eigenvalue weighted by molar-refractivity contribution is 7.71. The minimum absolute atomic E-state index is 0.00907. The first-order chi connectivity index (χ1) is 11.3. The van der Waals surface area contributed by atoms with Crippen LogP contribution in [-0.4, -0.2) is 40.1 Å². The molecule has 24 heavy (non-hydrogen) atoms. The van der Waals surface area contributed by atoms with Gasteiger partial charge >= 0.3 is 0 Å². The predicted molar refractivity (Wildman–Crippen MR) is 98.9 cm³/mol. The third kappa shape index (κ3) is 5.40. The molecule has 0 radical (unpaired) electrons. The van der Waals surface area contributed by atoms with Gasteiger partial charge in [-0.1, -0.05) is 23.8 Å². The van der Waals surface area contributed by atoms with E-state index in [0.717, 1.165) is 22.6 Å². The number of ether oxygens (including phenoxy) is 1. The van der Waals surface area contributed by atoms with Crippen LogP contribution >= 0.6 is 12.2 Å². The number of nitrogens with one attached hydrogen (secondary N) is 2. The third-order valence-electron chi connectivity index (χ3n) is 3.39. The summed E-state index contributed by atoms with van der Waals surface area (Å²) in [5.41, 5.74) is 2.69. The van der Waals surface area contributed by atoms with Gasteiger partial charge < -0.3 is 15.2 Å². The maximum absolute atomic E-state index is 9.56. The summed E-state index contributed by atoms with van der Waals surface area (Å²) in [6.07, 6.45) is 0. The van der Waals surface area contributed by atoms with Crippen molar-refractivity contribution in [3.63, 3.8) is 0 Å². The summed E-state index contributed by atoms with van der Waals surface area (Å²) >= 11 is 5.05. The Bertz CT molecular complexity index is 717. The molecule has 3 N–H and O–H groups in total. The molecule has 1 heterocycles. The second kappa shape index (κ2) is 7.88. The van der Waals surface area contributed by atoms with Crippen molar-refractivity contribution in [2.45, 2.75) is 39.3 Å². The highest BCUT2D eigenvalue weighted by Crippen LogP contribution is 2.29. The number of H-pyrrole nitrogens is 1. The van der Waals surface area contributed by atoms with Gasteiger partial charge in [0.05, 0.1) is 18.3 Å². The van der Waals surface area contributed by atoms with E-state index < -0.39 is 0 Å². The third-order valence-corrected chi connectivity index (χ3v) is 3.62. The molecule has 2 rings (SSSR count). The van der Waals surface area contributed by atoms with Crippen molar-refractivity contribution in [3.8, 4) is 17.0 Å². The van der Waals surface area contributed by atoms with E-state index in [4.69, 9.17) is 17.0 Å². The minimum Gasteiger partial charge on any atom is -0.491 e. The first kappa shape index (κ1) is 18.6. The first-order valence-corrected chi connectivity index (χ1v) is 8.37. The SMILES string of the molecule is Cc1ccc(OCC(CO)NC(C)(C)C)c(-c2ccc(=S)[nH]n2)c1. The average Bonchev–Trinajstić information content (AvgIpc) is 2.52. The van der Waals surface area contributed by atoms with E-state index in [1.54, 1.807) is 0 Å². The van der Waals surface area contributed by atoms with Gasteiger partial charge in [0.15, 0.2) is 0 Å². The number of aromatic nitrogens is 2. The molecule has 0 fully saturated rings. The fraction of sp³-hybridized carbons (Fsp3) is 0.444. The molecule has 0 amide bonds. The molecule has 1 aromatic heterocycles. The molecule has 0 spiro atoms. The van der Waals surface area contributed by atoms with Gasteiger partial charge in [0.25, 0.3) is 0 Å². The molecule has 1 unspecified atom stereocenters. The van der Waals surface area contributed by atoms with E-state index in [-0.39, 0.29) is 18.2 Å². The number of benzene rings is 1. The summed E-state index contributed by atoms with van der Waals surface area (Å²) in [7, 11) is 0. The predicted octanol–water partition coefficient (Wildman–Crippen LogP) is 3.24. The Morgan fingerprint density at radius 1 is 1.29 bits per heavy atom. The second-order valence-corrected chi connectivity index (χ2v) is 7.33. The summed E-state index contributed by atoms with van der Waals surface area (Å²) in [6, 6.07) is 9.49. The Balaban J connectivity index is 2.21. The van der Waals surface area contributed by atoms with Gasteiger partial charge in [-0.15, -0.1) is 0 Å². The van der Waals surface area contributed by atoms with E-state index >= 15 is 0 Å². The van der Waals surface area contributed by atoms with Crippen LogP contribution in [0.5, 0.6) is 5.75 Å². The summed E-state index contributed by atoms with van der Waals surface area (Å²) in [4.78, 5) is 0. The number of aryl methyl sites for hydroxylation is 1. The Kier molecular flexibility index (Phi) is 6.10. The van der Waals surface area contributed by atoms with E-state index in [1.165, 1.54) is 0 Å². The van der Waals surface area contributed by atoms with Crippen molar-refractivity contribution >= 4 is 12.2 Å². The number of aliphatic hydroxyl groups is 1. The molecular formula is C18H25N3O2S. The quantitative estimate of drug-likeness (QED) is 0.700. The van der Waals surface area contributed by atoms with Crippen LogP contribution in [0.2, 0.25) is 0 Å². The van der Waals surface area contributed by atoms with Crippen molar-refractivity contribution in [1.29, 1.82) is 0 Å². The lowest BCUT2D eigenvalue weighted by Gasteiger charge is -2.27. The van der Waals surface area contributed by atoms with Crippen molar-refractivity contribution in [2.24, 2.45) is 0 Å². The maximum Gasteiger partial charge on any atom is 0.128 e. The molecule has 0 aliphatic rings. The van der Waals surface area contributed by atoms with Gasteiger partial charge in [0, 0.05) is 11.1 Å². The Morgan fingerprint density at radius 2 is 2.04 bits per heavy atom. The van der Waals surface area contributed by atoms with Crippen molar-refractivity contribution in [3.05, 3.63) is 40.5 Å². The maximum atomic E-state index is 9.56. The topological polar surface area (TPSA) is 70.2 Å². The first-order valence-electron chi connectivity index (χ1n) is 7.96. The Morgan fingerprint density at radius 3 is 2.62 bits per heavy atom. The van der Waals surface area contributed by atoms with Crippen LogP contribution in [0.1, 0.15) is 26.3 Å². The molecule has 6 heteroatoms. The molecule has 0 bridgehead atoms. The lowest BCUT2D eigenvalue weighted by molar-refractivity contribution is 0.162. The zero-order valence-corrected chi connectivity index (χ0v) is 15.4. The van der Waals surface area contributed by atoms with Crippen LogP contribution in [0, 0.1) is 11.6 Å². The van der Waals surface area contributed by atoms with Gasteiger partial charge in [-0.25, -0.2) is 0 Å². The summed E-state index contributed by atoms with van der Waals surface area (Å²) in [5, 5.41) is 20.0. The van der Waals surface area contributed by atoms with Crippen LogP contribution < -0.4 is 10.1 Å². The van der Waals surface area contributed by atoms with Gasteiger partial charge in [0.1, 0.15) is 17.0 Å². The zero-order valence-electron chi connectivity index (χ0n) is 14.6. The second-order valence-electron chi connectivity index (χ2n) is 6.89. The fourth-order valence-corrected chi connectivity index (χ4v) is 2.52. The molecule has 2 aromatic rings. The smallest absolute Gasteiger partial charge is 0.128 e. The number of aromatic amines is 1. The van der Waals surface area contributed by atoms with Crippen molar-refractivity contribution < 1.29 is 9.84 Å². The van der Waals surface area contributed by atoms with Gasteiger partial charge in [-0.2, -0.15) is 5.10 Å². The average molecular weight is 347 g/mol. The van der Waals surface area contributed by atoms with E-state index in [1.807, 2.05) is 37.3 Å². The normalized spacial score (nSPS) is 12.9. The Labute approximate surface area is 148 Å². The molecule has 0 saturated heterocycles. The standard InChI is InChI=1S/C18H25N3O2S/c1-12-5-7-16(23-11-13(10-22)19-18(2,3)4)14(9-12)15-6-8-17(24)21-20-15/h5-9,13,19,22H,10-11H2,1-4H3,(H,21,24). The lowest BCUT2D eigenvalue weighted by atomic mass is 10.1. The van der Waals surface area contributed by atoms with Crippen molar-refractivity contribution in [2.75, 3.05) is 13.2 Å². The van der Waals surface area contributed by atoms with Crippen LogP contribution in [0.3, 0.4) is 0 Å². The number of nitrogens with zero attached hydrogens (tertiary/aromatic N) is 1. The monoisotopic (exact) mass is 347 g/mol. The van der Waals surface area contributed by atoms with Crippen molar-refractivity contribution in [1.82, 2.24) is 15.5 Å². The zero-order chi connectivity index (χ0) is 17.7. The summed E-state index contributed by atoms with van der Waals surface area (Å²) in [6.45, 7) is 8.58. The van der Waals surface area contributed by atoms with E-state index in [9.17, 15) is 5.11 Å². The lowest BCUT2D eigenvalue weighted by Crippen LogP contribution is -2.48. The highest BCUT2D eigenvalue weighted by Gasteiger charge is 2.18. The number of rotatable bonds is 6. The molecule has 1 aromatic carbocycles. The summed E-state index contributed by atoms with van der Waals surface area (Å²) < 4.78 is 6.56. The van der Waals surface area contributed by atoms with E-state index in [0.29, 0.717) is 11.2 Å². The van der Waals surface area contributed by atoms with Crippen LogP contribution in [0.15, 0.2) is 30.3 Å². The Hall–Kier alpha value is -1.76. The van der Waals surface area contributed by atoms with Crippen LogP contribution in [0.25, 0.3) is 11.3 Å². The number of aliphatic hydroxyl groups excluding tert-OH is 1.